The van der Waals surface area contributed by atoms with E-state index in [1.165, 1.54) is 11.1 Å². The minimum atomic E-state index is -0.444. The molecule has 4 aromatic rings. The third kappa shape index (κ3) is 5.14. The lowest BCUT2D eigenvalue weighted by Gasteiger charge is -2.32. The summed E-state index contributed by atoms with van der Waals surface area (Å²) in [7, 11) is -0.444. The van der Waals surface area contributed by atoms with Crippen LogP contribution in [-0.4, -0.2) is 23.3 Å². The van der Waals surface area contributed by atoms with Crippen LogP contribution < -0.4 is 5.46 Å². The van der Waals surface area contributed by atoms with Crippen LogP contribution in [0.15, 0.2) is 91.1 Å². The third-order valence-corrected chi connectivity index (χ3v) is 7.73. The average Bonchev–Trinajstić information content (AvgIpc) is 3.10. The van der Waals surface area contributed by atoms with E-state index in [4.69, 9.17) is 14.3 Å². The molecule has 4 heteroatoms. The SMILES string of the molecule is CC(C)(C)c1ccc(-c2ccnc(-c3cc(B4OC(C)(C)C(C)(C)O4)cc(-c4ccccc4)c3)c2)cc1. The molecule has 2 heterocycles. The highest BCUT2D eigenvalue weighted by molar-refractivity contribution is 6.62. The fraction of sp³-hybridized carbons (Fsp3) is 0.303. The molecular formula is C33H36BNO2. The normalized spacial score (nSPS) is 16.7. The van der Waals surface area contributed by atoms with Gasteiger partial charge >= 0.3 is 7.12 Å². The van der Waals surface area contributed by atoms with E-state index < -0.39 is 18.3 Å². The van der Waals surface area contributed by atoms with E-state index in [9.17, 15) is 0 Å². The monoisotopic (exact) mass is 489 g/mol. The van der Waals surface area contributed by atoms with Crippen molar-refractivity contribution in [1.29, 1.82) is 0 Å². The van der Waals surface area contributed by atoms with Gasteiger partial charge in [-0.25, -0.2) is 0 Å². The number of nitrogens with zero attached hydrogens (tertiary/aromatic N) is 1. The molecule has 0 bridgehead atoms. The fourth-order valence-corrected chi connectivity index (χ4v) is 4.64. The molecule has 1 saturated heterocycles. The molecular weight excluding hydrogens is 453 g/mol. The van der Waals surface area contributed by atoms with Crippen LogP contribution in [0.1, 0.15) is 54.0 Å². The topological polar surface area (TPSA) is 31.4 Å². The Morgan fingerprint density at radius 2 is 1.22 bits per heavy atom. The summed E-state index contributed by atoms with van der Waals surface area (Å²) < 4.78 is 12.8. The number of benzene rings is 3. The Hall–Kier alpha value is -3.21. The Morgan fingerprint density at radius 1 is 0.622 bits per heavy atom. The molecule has 0 radical (unpaired) electrons. The van der Waals surface area contributed by atoms with Crippen molar-refractivity contribution < 1.29 is 9.31 Å². The molecule has 0 spiro atoms. The molecule has 3 aromatic carbocycles. The summed E-state index contributed by atoms with van der Waals surface area (Å²) in [4.78, 5) is 4.77. The Labute approximate surface area is 222 Å². The highest BCUT2D eigenvalue weighted by Crippen LogP contribution is 2.37. The average molecular weight is 489 g/mol. The van der Waals surface area contributed by atoms with Gasteiger partial charge in [-0.05, 0) is 84.6 Å². The van der Waals surface area contributed by atoms with Crippen molar-refractivity contribution >= 4 is 12.6 Å². The van der Waals surface area contributed by atoms with E-state index in [0.717, 1.165) is 33.4 Å². The van der Waals surface area contributed by atoms with Gasteiger partial charge in [-0.2, -0.15) is 0 Å². The second-order valence-corrected chi connectivity index (χ2v) is 12.1. The van der Waals surface area contributed by atoms with Crippen LogP contribution in [0, 0.1) is 0 Å². The first-order valence-electron chi connectivity index (χ1n) is 13.1. The standard InChI is InChI=1S/C33H36BNO2/c1-31(2,3)28-15-13-24(14-16-28)25-17-18-35-30(22-25)27-19-26(23-11-9-8-10-12-23)20-29(21-27)34-36-32(4,5)33(6,7)37-34/h8-22H,1-7H3. The van der Waals surface area contributed by atoms with Gasteiger partial charge in [0.1, 0.15) is 0 Å². The van der Waals surface area contributed by atoms with Crippen molar-refractivity contribution in [3.8, 4) is 33.5 Å². The molecule has 37 heavy (non-hydrogen) atoms. The molecule has 1 aromatic heterocycles. The summed E-state index contributed by atoms with van der Waals surface area (Å²) >= 11 is 0. The fourth-order valence-electron chi connectivity index (χ4n) is 4.64. The predicted molar refractivity (Wildman–Crippen MR) is 155 cm³/mol. The zero-order valence-corrected chi connectivity index (χ0v) is 23.0. The molecule has 0 unspecified atom stereocenters. The summed E-state index contributed by atoms with van der Waals surface area (Å²) in [6.45, 7) is 15.1. The highest BCUT2D eigenvalue weighted by Gasteiger charge is 2.51. The van der Waals surface area contributed by atoms with Gasteiger partial charge in [0.15, 0.2) is 0 Å². The maximum Gasteiger partial charge on any atom is 0.494 e. The first-order chi connectivity index (χ1) is 17.4. The Kier molecular flexibility index (Phi) is 6.38. The Bertz CT molecular complexity index is 1390. The maximum absolute atomic E-state index is 6.42. The largest absolute Gasteiger partial charge is 0.494 e. The number of rotatable bonds is 4. The lowest BCUT2D eigenvalue weighted by atomic mass is 9.76. The molecule has 0 saturated carbocycles. The second-order valence-electron chi connectivity index (χ2n) is 12.1. The van der Waals surface area contributed by atoms with Crippen molar-refractivity contribution in [3.63, 3.8) is 0 Å². The van der Waals surface area contributed by atoms with E-state index in [0.29, 0.717) is 0 Å². The third-order valence-electron chi connectivity index (χ3n) is 7.73. The van der Waals surface area contributed by atoms with Crippen molar-refractivity contribution in [2.45, 2.75) is 65.1 Å². The summed E-state index contributed by atoms with van der Waals surface area (Å²) in [6, 6.07) is 30.1. The summed E-state index contributed by atoms with van der Waals surface area (Å²) in [5.74, 6) is 0. The smallest absolute Gasteiger partial charge is 0.399 e. The van der Waals surface area contributed by atoms with Crippen LogP contribution >= 0.6 is 0 Å². The first kappa shape index (κ1) is 25.4. The molecule has 3 nitrogen and oxygen atoms in total. The van der Waals surface area contributed by atoms with Crippen molar-refractivity contribution in [2.24, 2.45) is 0 Å². The number of hydrogen-bond donors (Lipinski definition) is 0. The zero-order valence-electron chi connectivity index (χ0n) is 23.0. The second kappa shape index (κ2) is 9.27. The molecule has 1 fully saturated rings. The van der Waals surface area contributed by atoms with Crippen LogP contribution in [0.2, 0.25) is 0 Å². The van der Waals surface area contributed by atoms with Crippen LogP contribution in [0.25, 0.3) is 33.5 Å². The summed E-state index contributed by atoms with van der Waals surface area (Å²) in [6.07, 6.45) is 1.89. The van der Waals surface area contributed by atoms with Crippen LogP contribution in [-0.2, 0) is 14.7 Å². The molecule has 1 aliphatic heterocycles. The Balaban J connectivity index is 1.57. The highest BCUT2D eigenvalue weighted by atomic mass is 16.7. The molecule has 0 amide bonds. The van der Waals surface area contributed by atoms with Gasteiger partial charge in [0, 0.05) is 11.8 Å². The molecule has 0 atom stereocenters. The first-order valence-corrected chi connectivity index (χ1v) is 13.1. The molecule has 0 N–H and O–H groups in total. The lowest BCUT2D eigenvalue weighted by Crippen LogP contribution is -2.41. The number of aromatic nitrogens is 1. The van der Waals surface area contributed by atoms with Gasteiger partial charge in [0.05, 0.1) is 16.9 Å². The van der Waals surface area contributed by atoms with Crippen LogP contribution in [0.5, 0.6) is 0 Å². The summed E-state index contributed by atoms with van der Waals surface area (Å²) in [5, 5.41) is 0. The predicted octanol–water partition coefficient (Wildman–Crippen LogP) is 7.68. The van der Waals surface area contributed by atoms with E-state index in [-0.39, 0.29) is 5.41 Å². The molecule has 0 aliphatic carbocycles. The van der Waals surface area contributed by atoms with E-state index in [2.05, 4.69) is 127 Å². The molecule has 1 aliphatic rings. The van der Waals surface area contributed by atoms with E-state index in [1.807, 2.05) is 12.3 Å². The Morgan fingerprint density at radius 3 is 1.84 bits per heavy atom. The van der Waals surface area contributed by atoms with Gasteiger partial charge in [0.2, 0.25) is 0 Å². The minimum absolute atomic E-state index is 0.129. The van der Waals surface area contributed by atoms with Crippen LogP contribution in [0.4, 0.5) is 0 Å². The van der Waals surface area contributed by atoms with Crippen molar-refractivity contribution in [2.75, 3.05) is 0 Å². The van der Waals surface area contributed by atoms with Gasteiger partial charge in [-0.15, -0.1) is 0 Å². The van der Waals surface area contributed by atoms with Crippen molar-refractivity contribution in [3.05, 3.63) is 96.7 Å². The van der Waals surface area contributed by atoms with Gasteiger partial charge < -0.3 is 9.31 Å². The van der Waals surface area contributed by atoms with Crippen molar-refractivity contribution in [1.82, 2.24) is 4.98 Å². The van der Waals surface area contributed by atoms with Gasteiger partial charge in [0.25, 0.3) is 0 Å². The lowest BCUT2D eigenvalue weighted by molar-refractivity contribution is 0.00578. The molecule has 188 valence electrons. The number of hydrogen-bond acceptors (Lipinski definition) is 3. The number of pyridine rings is 1. The molecule has 5 rings (SSSR count). The minimum Gasteiger partial charge on any atom is -0.399 e. The summed E-state index contributed by atoms with van der Waals surface area (Å²) in [5.41, 5.74) is 8.20. The van der Waals surface area contributed by atoms with Gasteiger partial charge in [-0.3, -0.25) is 4.98 Å². The van der Waals surface area contributed by atoms with Gasteiger partial charge in [-0.1, -0.05) is 87.5 Å². The maximum atomic E-state index is 6.42. The zero-order chi connectivity index (χ0) is 26.4. The van der Waals surface area contributed by atoms with E-state index >= 15 is 0 Å². The van der Waals surface area contributed by atoms with E-state index in [1.54, 1.807) is 0 Å². The quantitative estimate of drug-likeness (QED) is 0.276. The van der Waals surface area contributed by atoms with Crippen LogP contribution in [0.3, 0.4) is 0 Å².